The van der Waals surface area contributed by atoms with Gasteiger partial charge in [-0.1, -0.05) is 91.9 Å². The van der Waals surface area contributed by atoms with Crippen molar-refractivity contribution in [1.29, 1.82) is 0 Å². The molecule has 1 atom stereocenters. The van der Waals surface area contributed by atoms with Crippen molar-refractivity contribution in [1.82, 2.24) is 15.5 Å². The van der Waals surface area contributed by atoms with E-state index in [1.54, 1.807) is 0 Å². The maximum absolute atomic E-state index is 5.75. The van der Waals surface area contributed by atoms with Gasteiger partial charge in [0, 0.05) is 18.8 Å². The molecule has 3 nitrogen and oxygen atoms in total. The Balaban J connectivity index is 1.53. The molecule has 0 spiro atoms. The summed E-state index contributed by atoms with van der Waals surface area (Å²) < 4.78 is 0. The highest BCUT2D eigenvalue weighted by molar-refractivity contribution is 7.80. The maximum Gasteiger partial charge on any atom is 0.171 e. The van der Waals surface area contributed by atoms with Gasteiger partial charge in [-0.05, 0) is 75.1 Å². The monoisotopic (exact) mass is 475 g/mol. The summed E-state index contributed by atoms with van der Waals surface area (Å²) in [5.41, 5.74) is 6.37. The fraction of sp³-hybridized carbons (Fsp3) is 0.194. The van der Waals surface area contributed by atoms with Crippen molar-refractivity contribution in [3.63, 3.8) is 0 Å². The van der Waals surface area contributed by atoms with Gasteiger partial charge in [-0.2, -0.15) is 0 Å². The molecule has 0 amide bonds. The second kappa shape index (κ2) is 9.29. The summed E-state index contributed by atoms with van der Waals surface area (Å²) in [6, 6.07) is 30.4. The number of nitrogens with zero attached hydrogens (tertiary/aromatic N) is 1. The summed E-state index contributed by atoms with van der Waals surface area (Å²) in [6.45, 7) is 5.16. The molecular formula is C31H29N3S. The number of fused-ring (bicyclic) bond motifs is 2. The molecule has 4 aromatic carbocycles. The molecule has 4 aromatic rings. The zero-order valence-electron chi connectivity index (χ0n) is 19.9. The topological polar surface area (TPSA) is 27.3 Å². The maximum atomic E-state index is 5.75. The van der Waals surface area contributed by atoms with Gasteiger partial charge >= 0.3 is 0 Å². The van der Waals surface area contributed by atoms with Crippen LogP contribution in [0, 0.1) is 0 Å². The van der Waals surface area contributed by atoms with Crippen molar-refractivity contribution < 1.29 is 0 Å². The first-order valence-electron chi connectivity index (χ1n) is 12.4. The highest BCUT2D eigenvalue weighted by Gasteiger charge is 2.33. The lowest BCUT2D eigenvalue weighted by molar-refractivity contribution is 0.301. The Hall–Kier alpha value is -3.47. The quantitative estimate of drug-likeness (QED) is 0.326. The van der Waals surface area contributed by atoms with Gasteiger partial charge in [0.25, 0.3) is 0 Å². The van der Waals surface area contributed by atoms with Crippen molar-refractivity contribution in [2.45, 2.75) is 19.4 Å². The molecule has 174 valence electrons. The molecule has 0 unspecified atom stereocenters. The van der Waals surface area contributed by atoms with E-state index in [9.17, 15) is 0 Å². The van der Waals surface area contributed by atoms with E-state index in [0.717, 1.165) is 26.1 Å². The third-order valence-corrected chi connectivity index (χ3v) is 7.34. The van der Waals surface area contributed by atoms with Crippen molar-refractivity contribution in [3.05, 3.63) is 113 Å². The number of hydrogen-bond donors (Lipinski definition) is 2. The van der Waals surface area contributed by atoms with Crippen LogP contribution in [0.1, 0.15) is 30.5 Å². The van der Waals surface area contributed by atoms with E-state index in [-0.39, 0.29) is 6.04 Å². The highest BCUT2D eigenvalue weighted by Crippen LogP contribution is 2.37. The van der Waals surface area contributed by atoms with E-state index in [0.29, 0.717) is 5.11 Å². The van der Waals surface area contributed by atoms with Crippen molar-refractivity contribution in [2.75, 3.05) is 19.6 Å². The zero-order chi connectivity index (χ0) is 23.8. The van der Waals surface area contributed by atoms with Crippen LogP contribution in [0.2, 0.25) is 0 Å². The van der Waals surface area contributed by atoms with Gasteiger partial charge in [-0.15, -0.1) is 0 Å². The van der Waals surface area contributed by atoms with Crippen LogP contribution in [0.25, 0.3) is 27.6 Å². The summed E-state index contributed by atoms with van der Waals surface area (Å²) >= 11 is 5.75. The van der Waals surface area contributed by atoms with Crippen LogP contribution in [0.4, 0.5) is 0 Å². The zero-order valence-corrected chi connectivity index (χ0v) is 20.7. The Morgan fingerprint density at radius 1 is 0.857 bits per heavy atom. The molecular weight excluding hydrogens is 446 g/mol. The van der Waals surface area contributed by atoms with Gasteiger partial charge in [-0.25, -0.2) is 0 Å². The first-order chi connectivity index (χ1) is 17.2. The van der Waals surface area contributed by atoms with Gasteiger partial charge in [-0.3, -0.25) is 4.90 Å². The van der Waals surface area contributed by atoms with Gasteiger partial charge in [0.2, 0.25) is 0 Å². The first-order valence-corrected chi connectivity index (χ1v) is 12.8. The predicted molar refractivity (Wildman–Crippen MR) is 151 cm³/mol. The summed E-state index contributed by atoms with van der Waals surface area (Å²) in [7, 11) is 0. The molecule has 4 heteroatoms. The average molecular weight is 476 g/mol. The van der Waals surface area contributed by atoms with Crippen molar-refractivity contribution in [2.24, 2.45) is 0 Å². The summed E-state index contributed by atoms with van der Waals surface area (Å²) in [5, 5.41) is 12.9. The average Bonchev–Trinajstić information content (AvgIpc) is 2.89. The Morgan fingerprint density at radius 2 is 1.54 bits per heavy atom. The summed E-state index contributed by atoms with van der Waals surface area (Å²) in [4.78, 5) is 2.56. The van der Waals surface area contributed by atoms with E-state index in [1.165, 1.54) is 49.5 Å². The van der Waals surface area contributed by atoms with Crippen LogP contribution in [0.5, 0.6) is 0 Å². The first kappa shape index (κ1) is 22.0. The summed E-state index contributed by atoms with van der Waals surface area (Å²) in [6.07, 6.45) is 3.49. The molecule has 0 saturated carbocycles. The molecule has 0 saturated heterocycles. The third kappa shape index (κ3) is 4.13. The van der Waals surface area contributed by atoms with Gasteiger partial charge in [0.15, 0.2) is 5.11 Å². The summed E-state index contributed by atoms with van der Waals surface area (Å²) in [5.74, 6) is 0. The number of benzene rings is 4. The van der Waals surface area contributed by atoms with Crippen LogP contribution < -0.4 is 10.6 Å². The molecule has 0 radical (unpaired) electrons. The molecule has 0 bridgehead atoms. The molecule has 2 heterocycles. The normalized spacial score (nSPS) is 19.6. The van der Waals surface area contributed by atoms with Crippen LogP contribution in [-0.2, 0) is 0 Å². The SMILES string of the molecule is CCCN1CC2=C(NC(=S)N[C@H]2c2cccc3ccccc23)/C(=C/c2cccc3ccccc23)C1. The van der Waals surface area contributed by atoms with E-state index in [2.05, 4.69) is 113 Å². The van der Waals surface area contributed by atoms with E-state index >= 15 is 0 Å². The highest BCUT2D eigenvalue weighted by atomic mass is 32.1. The minimum Gasteiger partial charge on any atom is -0.352 e. The smallest absolute Gasteiger partial charge is 0.171 e. The molecule has 35 heavy (non-hydrogen) atoms. The number of hydrogen-bond acceptors (Lipinski definition) is 2. The molecule has 2 aliphatic heterocycles. The lowest BCUT2D eigenvalue weighted by atomic mass is 9.86. The predicted octanol–water partition coefficient (Wildman–Crippen LogP) is 6.58. The van der Waals surface area contributed by atoms with Gasteiger partial charge < -0.3 is 10.6 Å². The number of rotatable bonds is 4. The Kier molecular flexibility index (Phi) is 5.85. The number of nitrogens with one attached hydrogen (secondary N) is 2. The Morgan fingerprint density at radius 3 is 2.34 bits per heavy atom. The van der Waals surface area contributed by atoms with Gasteiger partial charge in [0.1, 0.15) is 0 Å². The molecule has 2 N–H and O–H groups in total. The van der Waals surface area contributed by atoms with Crippen LogP contribution in [-0.4, -0.2) is 29.6 Å². The minimum absolute atomic E-state index is 0.0421. The standard InChI is InChI=1S/C31H29N3S/c1-2-17-34-19-24(18-23-13-7-11-21-9-3-5-14-25(21)23)29-28(20-34)30(33-31(35)32-29)27-16-8-12-22-10-4-6-15-26(22)27/h3-16,18,30H,2,17,19-20H2,1H3,(H2,32,33,35)/b24-18+/t30-/m0/s1. The molecule has 0 fully saturated rings. The van der Waals surface area contributed by atoms with Crippen LogP contribution in [0.3, 0.4) is 0 Å². The van der Waals surface area contributed by atoms with E-state index in [1.807, 2.05) is 0 Å². The minimum atomic E-state index is 0.0421. The van der Waals surface area contributed by atoms with Crippen molar-refractivity contribution in [3.8, 4) is 0 Å². The van der Waals surface area contributed by atoms with E-state index in [4.69, 9.17) is 12.2 Å². The second-order valence-electron chi connectivity index (χ2n) is 9.45. The third-order valence-electron chi connectivity index (χ3n) is 7.12. The van der Waals surface area contributed by atoms with Gasteiger partial charge in [0.05, 0.1) is 6.04 Å². The molecule has 0 aliphatic carbocycles. The molecule has 2 aliphatic rings. The van der Waals surface area contributed by atoms with E-state index < -0.39 is 0 Å². The lowest BCUT2D eigenvalue weighted by Gasteiger charge is -2.40. The Bertz CT molecular complexity index is 1490. The molecule has 6 rings (SSSR count). The van der Waals surface area contributed by atoms with Crippen LogP contribution >= 0.6 is 12.2 Å². The fourth-order valence-electron chi connectivity index (χ4n) is 5.59. The molecule has 0 aromatic heterocycles. The van der Waals surface area contributed by atoms with Crippen molar-refractivity contribution >= 4 is 45.0 Å². The number of thiocarbonyl (C=S) groups is 1. The van der Waals surface area contributed by atoms with Crippen LogP contribution in [0.15, 0.2) is 102 Å². The fourth-order valence-corrected chi connectivity index (χ4v) is 5.81. The Labute approximate surface area is 212 Å². The lowest BCUT2D eigenvalue weighted by Crippen LogP contribution is -2.50. The largest absolute Gasteiger partial charge is 0.352 e. The second-order valence-corrected chi connectivity index (χ2v) is 9.86.